The number of amides is 3. The number of aromatic nitrogens is 2. The molecule has 0 saturated heterocycles. The van der Waals surface area contributed by atoms with Gasteiger partial charge in [0.15, 0.2) is 0 Å². The maximum Gasteiger partial charge on any atom is 0.326 e. The molecular weight excluding hydrogens is 278 g/mol. The van der Waals surface area contributed by atoms with Crippen LogP contribution in [0.1, 0.15) is 24.4 Å². The highest BCUT2D eigenvalue weighted by atomic mass is 16.4. The maximum atomic E-state index is 11.6. The molecule has 1 aromatic rings. The first-order valence-electron chi connectivity index (χ1n) is 6.22. The molecule has 21 heavy (non-hydrogen) atoms. The van der Waals surface area contributed by atoms with Gasteiger partial charge in [-0.1, -0.05) is 0 Å². The van der Waals surface area contributed by atoms with Crippen LogP contribution in [0.25, 0.3) is 0 Å². The number of rotatable bonds is 7. The van der Waals surface area contributed by atoms with E-state index in [1.165, 1.54) is 0 Å². The lowest BCUT2D eigenvalue weighted by atomic mass is 10.1. The van der Waals surface area contributed by atoms with Gasteiger partial charge in [-0.3, -0.25) is 4.79 Å². The van der Waals surface area contributed by atoms with Crippen molar-refractivity contribution in [3.8, 4) is 0 Å². The summed E-state index contributed by atoms with van der Waals surface area (Å²) in [4.78, 5) is 41.2. The third kappa shape index (κ3) is 6.32. The maximum absolute atomic E-state index is 11.6. The number of primary amides is 1. The van der Waals surface area contributed by atoms with Crippen LogP contribution in [-0.4, -0.2) is 39.0 Å². The van der Waals surface area contributed by atoms with Crippen molar-refractivity contribution < 1.29 is 19.5 Å². The smallest absolute Gasteiger partial charge is 0.326 e. The zero-order valence-corrected chi connectivity index (χ0v) is 11.5. The quantitative estimate of drug-likeness (QED) is 0.523. The van der Waals surface area contributed by atoms with Gasteiger partial charge >= 0.3 is 12.0 Å². The van der Waals surface area contributed by atoms with Gasteiger partial charge in [0.25, 0.3) is 0 Å². The minimum absolute atomic E-state index is 0.0648. The van der Waals surface area contributed by atoms with E-state index in [9.17, 15) is 14.4 Å². The van der Waals surface area contributed by atoms with Crippen molar-refractivity contribution in [3.63, 3.8) is 0 Å². The Morgan fingerprint density at radius 2 is 2.14 bits per heavy atom. The van der Waals surface area contributed by atoms with E-state index < -0.39 is 23.9 Å². The minimum atomic E-state index is -1.23. The Balaban J connectivity index is 2.46. The topological polar surface area (TPSA) is 147 Å². The zero-order valence-electron chi connectivity index (χ0n) is 11.5. The van der Waals surface area contributed by atoms with E-state index in [-0.39, 0.29) is 19.4 Å². The first-order chi connectivity index (χ1) is 9.88. The number of carboxylic acids is 1. The first kappa shape index (κ1) is 16.3. The predicted molar refractivity (Wildman–Crippen MR) is 72.0 cm³/mol. The van der Waals surface area contributed by atoms with Crippen LogP contribution in [0, 0.1) is 6.92 Å². The Morgan fingerprint density at radius 1 is 1.43 bits per heavy atom. The number of urea groups is 1. The molecule has 114 valence electrons. The highest BCUT2D eigenvalue weighted by molar-refractivity contribution is 5.83. The van der Waals surface area contributed by atoms with Crippen molar-refractivity contribution in [2.45, 2.75) is 32.4 Å². The number of hydrogen-bond acceptors (Lipinski definition) is 5. The number of hydrogen-bond donors (Lipinski definition) is 4. The van der Waals surface area contributed by atoms with Crippen LogP contribution in [0.15, 0.2) is 12.3 Å². The summed E-state index contributed by atoms with van der Waals surface area (Å²) in [5, 5.41) is 13.7. The van der Waals surface area contributed by atoms with Crippen molar-refractivity contribution in [2.24, 2.45) is 5.73 Å². The summed E-state index contributed by atoms with van der Waals surface area (Å²) >= 11 is 0. The molecule has 0 saturated carbocycles. The summed E-state index contributed by atoms with van der Waals surface area (Å²) in [5.74, 6) is -1.29. The van der Waals surface area contributed by atoms with Crippen LogP contribution in [-0.2, 0) is 16.1 Å². The second-order valence-electron chi connectivity index (χ2n) is 4.32. The lowest BCUT2D eigenvalue weighted by Gasteiger charge is -2.14. The lowest BCUT2D eigenvalue weighted by molar-refractivity contribution is -0.139. The molecule has 3 amide bonds. The van der Waals surface area contributed by atoms with E-state index in [2.05, 4.69) is 20.6 Å². The fraction of sp³-hybridized carbons (Fsp3) is 0.417. The van der Waals surface area contributed by atoms with Gasteiger partial charge < -0.3 is 21.5 Å². The summed E-state index contributed by atoms with van der Waals surface area (Å²) < 4.78 is 0. The van der Waals surface area contributed by atoms with Crippen LogP contribution < -0.4 is 16.4 Å². The molecule has 1 aromatic heterocycles. The number of nitrogens with two attached hydrogens (primary N) is 1. The molecule has 0 fully saturated rings. The highest BCUT2D eigenvalue weighted by Gasteiger charge is 2.20. The Hall–Kier alpha value is -2.71. The summed E-state index contributed by atoms with van der Waals surface area (Å²) in [6, 6.07) is -0.206. The molecule has 0 radical (unpaired) electrons. The molecule has 9 heteroatoms. The number of nitrogens with zero attached hydrogens (tertiary/aromatic N) is 2. The fourth-order valence-electron chi connectivity index (χ4n) is 1.53. The Labute approximate surface area is 121 Å². The summed E-state index contributed by atoms with van der Waals surface area (Å²) in [6.45, 7) is 1.85. The predicted octanol–water partition coefficient (Wildman–Crippen LogP) is -0.697. The van der Waals surface area contributed by atoms with Gasteiger partial charge in [-0.25, -0.2) is 19.6 Å². The van der Waals surface area contributed by atoms with Gasteiger partial charge in [0.1, 0.15) is 11.9 Å². The Bertz CT molecular complexity index is 534. The number of carbonyl (C=O) groups is 3. The summed E-state index contributed by atoms with van der Waals surface area (Å²) in [5.41, 5.74) is 5.54. The zero-order chi connectivity index (χ0) is 15.8. The number of carboxylic acid groups (broad SMARTS) is 1. The summed E-state index contributed by atoms with van der Waals surface area (Å²) in [7, 11) is 0. The second kappa shape index (κ2) is 7.78. The highest BCUT2D eigenvalue weighted by Crippen LogP contribution is 1.98. The fourth-order valence-corrected chi connectivity index (χ4v) is 1.53. The summed E-state index contributed by atoms with van der Waals surface area (Å²) in [6.07, 6.45) is 1.37. The molecule has 1 heterocycles. The van der Waals surface area contributed by atoms with Gasteiger partial charge in [0, 0.05) is 12.6 Å². The van der Waals surface area contributed by atoms with Crippen LogP contribution in [0.3, 0.4) is 0 Å². The lowest BCUT2D eigenvalue weighted by Crippen LogP contribution is -2.46. The van der Waals surface area contributed by atoms with Crippen molar-refractivity contribution in [1.82, 2.24) is 20.6 Å². The second-order valence-corrected chi connectivity index (χ2v) is 4.32. The minimum Gasteiger partial charge on any atom is -0.480 e. The van der Waals surface area contributed by atoms with Gasteiger partial charge in [-0.15, -0.1) is 0 Å². The number of nitrogens with one attached hydrogen (secondary N) is 2. The van der Waals surface area contributed by atoms with E-state index in [0.717, 1.165) is 0 Å². The molecule has 0 aromatic carbocycles. The van der Waals surface area contributed by atoms with Crippen molar-refractivity contribution in [2.75, 3.05) is 0 Å². The molecule has 1 unspecified atom stereocenters. The first-order valence-corrected chi connectivity index (χ1v) is 6.22. The Kier molecular flexibility index (Phi) is 6.05. The normalized spacial score (nSPS) is 11.5. The molecule has 5 N–H and O–H groups in total. The number of aliphatic carboxylic acids is 1. The van der Waals surface area contributed by atoms with Gasteiger partial charge in [0.05, 0.1) is 12.2 Å². The van der Waals surface area contributed by atoms with Gasteiger partial charge in [0.2, 0.25) is 5.91 Å². The molecule has 0 aliphatic carbocycles. The van der Waals surface area contributed by atoms with Crippen LogP contribution in [0.4, 0.5) is 4.79 Å². The number of carbonyl (C=O) groups excluding carboxylic acids is 2. The third-order valence-electron chi connectivity index (χ3n) is 2.55. The average molecular weight is 295 g/mol. The molecule has 9 nitrogen and oxygen atoms in total. The van der Waals surface area contributed by atoms with E-state index in [1.807, 2.05) is 0 Å². The van der Waals surface area contributed by atoms with Crippen molar-refractivity contribution in [1.29, 1.82) is 0 Å². The molecule has 1 rings (SSSR count). The van der Waals surface area contributed by atoms with Gasteiger partial charge in [-0.05, 0) is 19.4 Å². The Morgan fingerprint density at radius 3 is 2.71 bits per heavy atom. The van der Waals surface area contributed by atoms with Crippen molar-refractivity contribution in [3.05, 3.63) is 23.8 Å². The van der Waals surface area contributed by atoms with Gasteiger partial charge in [-0.2, -0.15) is 0 Å². The van der Waals surface area contributed by atoms with E-state index in [1.54, 1.807) is 19.2 Å². The average Bonchev–Trinajstić information content (AvgIpc) is 2.40. The standard InChI is InChI=1S/C12H17N5O4/c1-7-14-5-4-8(16-7)6-15-12(21)17-9(11(19)20)2-3-10(13)18/h4-5,9H,2-3,6H2,1H3,(H2,13,18)(H,19,20)(H2,15,17,21). The molecular formula is C12H17N5O4. The van der Waals surface area contributed by atoms with E-state index in [0.29, 0.717) is 11.5 Å². The van der Waals surface area contributed by atoms with Crippen LogP contribution >= 0.6 is 0 Å². The van der Waals surface area contributed by atoms with E-state index >= 15 is 0 Å². The molecule has 0 aliphatic heterocycles. The molecule has 0 bridgehead atoms. The third-order valence-corrected chi connectivity index (χ3v) is 2.55. The van der Waals surface area contributed by atoms with Crippen LogP contribution in [0.2, 0.25) is 0 Å². The van der Waals surface area contributed by atoms with Crippen LogP contribution in [0.5, 0.6) is 0 Å². The van der Waals surface area contributed by atoms with E-state index in [4.69, 9.17) is 10.8 Å². The number of aryl methyl sites for hydroxylation is 1. The largest absolute Gasteiger partial charge is 0.480 e. The monoisotopic (exact) mass is 295 g/mol. The SMILES string of the molecule is Cc1nccc(CNC(=O)NC(CCC(N)=O)C(=O)O)n1. The molecule has 1 atom stereocenters. The molecule has 0 aliphatic rings. The van der Waals surface area contributed by atoms with Crippen molar-refractivity contribution >= 4 is 17.9 Å². The molecule has 0 spiro atoms.